The topological polar surface area (TPSA) is 54.3 Å². The van der Waals surface area contributed by atoms with Gasteiger partial charge in [0.15, 0.2) is 0 Å². The number of benzene rings is 1. The summed E-state index contributed by atoms with van der Waals surface area (Å²) < 4.78 is 2.69. The molecule has 1 amide bonds. The Hall–Kier alpha value is -2.12. The highest BCUT2D eigenvalue weighted by Crippen LogP contribution is 2.36. The number of amides is 1. The van der Waals surface area contributed by atoms with E-state index in [0.717, 1.165) is 41.6 Å². The van der Waals surface area contributed by atoms with Gasteiger partial charge in [-0.2, -0.15) is 0 Å². The van der Waals surface area contributed by atoms with Crippen LogP contribution in [-0.4, -0.2) is 38.5 Å². The van der Waals surface area contributed by atoms with Gasteiger partial charge in [0.05, 0.1) is 11.8 Å². The Kier molecular flexibility index (Phi) is 6.06. The SMILES string of the molecule is C[C@H](NC(=O)CSC(=S)N1C[C@@H]2C[C@@H](C1)c1cccc(=O)n1C2)c1ccccc1. The van der Waals surface area contributed by atoms with E-state index in [0.29, 0.717) is 17.6 Å². The highest BCUT2D eigenvalue weighted by atomic mass is 32.2. The van der Waals surface area contributed by atoms with Gasteiger partial charge in [0.25, 0.3) is 5.56 Å². The molecule has 3 atom stereocenters. The highest BCUT2D eigenvalue weighted by Gasteiger charge is 2.35. The fraction of sp³-hybridized carbons (Fsp3) is 0.409. The van der Waals surface area contributed by atoms with Crippen LogP contribution in [0.4, 0.5) is 0 Å². The van der Waals surface area contributed by atoms with Gasteiger partial charge in [-0.05, 0) is 30.9 Å². The van der Waals surface area contributed by atoms with Gasteiger partial charge in [-0.25, -0.2) is 0 Å². The number of piperidine rings is 1. The molecule has 4 rings (SSSR count). The van der Waals surface area contributed by atoms with Crippen LogP contribution in [0.15, 0.2) is 53.3 Å². The number of fused-ring (bicyclic) bond motifs is 4. The molecule has 0 unspecified atom stereocenters. The number of carbonyl (C=O) groups is 1. The molecule has 0 radical (unpaired) electrons. The number of thiocarbonyl (C=S) groups is 1. The zero-order valence-corrected chi connectivity index (χ0v) is 18.0. The van der Waals surface area contributed by atoms with Gasteiger partial charge >= 0.3 is 0 Å². The number of thioether (sulfide) groups is 1. The van der Waals surface area contributed by atoms with E-state index in [4.69, 9.17) is 12.2 Å². The van der Waals surface area contributed by atoms with E-state index in [-0.39, 0.29) is 17.5 Å². The monoisotopic (exact) mass is 427 g/mol. The highest BCUT2D eigenvalue weighted by molar-refractivity contribution is 8.23. The Labute approximate surface area is 180 Å². The van der Waals surface area contributed by atoms with Crippen molar-refractivity contribution < 1.29 is 4.79 Å². The summed E-state index contributed by atoms with van der Waals surface area (Å²) in [6, 6.07) is 15.5. The largest absolute Gasteiger partial charge is 0.356 e. The lowest BCUT2D eigenvalue weighted by molar-refractivity contribution is -0.119. The second-order valence-electron chi connectivity index (χ2n) is 7.86. The van der Waals surface area contributed by atoms with E-state index < -0.39 is 0 Å². The predicted molar refractivity (Wildman–Crippen MR) is 121 cm³/mol. The Balaban J connectivity index is 1.32. The van der Waals surface area contributed by atoms with Gasteiger partial charge in [-0.15, -0.1) is 0 Å². The molecule has 2 aliphatic heterocycles. The van der Waals surface area contributed by atoms with Gasteiger partial charge in [-0.1, -0.05) is 60.4 Å². The minimum absolute atomic E-state index is 0.0113. The van der Waals surface area contributed by atoms with Crippen molar-refractivity contribution in [3.05, 3.63) is 70.1 Å². The molecule has 29 heavy (non-hydrogen) atoms. The molecular formula is C22H25N3O2S2. The fourth-order valence-corrected chi connectivity index (χ4v) is 5.37. The Morgan fingerprint density at radius 1 is 1.17 bits per heavy atom. The Bertz CT molecular complexity index is 960. The van der Waals surface area contributed by atoms with Crippen molar-refractivity contribution >= 4 is 34.2 Å². The van der Waals surface area contributed by atoms with Crippen molar-refractivity contribution in [1.82, 2.24) is 14.8 Å². The van der Waals surface area contributed by atoms with Crippen LogP contribution in [0.25, 0.3) is 0 Å². The van der Waals surface area contributed by atoms with E-state index in [2.05, 4.69) is 16.3 Å². The molecule has 5 nitrogen and oxygen atoms in total. The summed E-state index contributed by atoms with van der Waals surface area (Å²) in [5, 5.41) is 3.04. The molecule has 2 aliphatic rings. The molecule has 1 fully saturated rings. The van der Waals surface area contributed by atoms with Gasteiger partial charge in [0.2, 0.25) is 5.91 Å². The van der Waals surface area contributed by atoms with Crippen LogP contribution < -0.4 is 10.9 Å². The van der Waals surface area contributed by atoms with Gasteiger partial charge in [-0.3, -0.25) is 9.59 Å². The first kappa shape index (κ1) is 20.2. The zero-order valence-electron chi connectivity index (χ0n) is 16.4. The molecule has 0 aliphatic carbocycles. The molecule has 0 spiro atoms. The lowest BCUT2D eigenvalue weighted by atomic mass is 9.83. The van der Waals surface area contributed by atoms with Crippen LogP contribution in [0.5, 0.6) is 0 Å². The third kappa shape index (κ3) is 4.56. The van der Waals surface area contributed by atoms with Crippen molar-refractivity contribution in [2.75, 3.05) is 18.8 Å². The maximum atomic E-state index is 12.4. The minimum Gasteiger partial charge on any atom is -0.356 e. The molecule has 2 bridgehead atoms. The van der Waals surface area contributed by atoms with E-state index in [9.17, 15) is 9.59 Å². The molecule has 152 valence electrons. The molecule has 7 heteroatoms. The number of nitrogens with zero attached hydrogens (tertiary/aromatic N) is 2. The second-order valence-corrected chi connectivity index (χ2v) is 9.47. The number of likely N-dealkylation sites (tertiary alicyclic amines) is 1. The standard InChI is InChI=1S/C22H25N3O2S2/c1-15(17-6-3-2-4-7-17)23-20(26)14-29-22(28)24-11-16-10-18(13-24)19-8-5-9-21(27)25(19)12-16/h2-9,15-16,18H,10-14H2,1H3,(H,23,26)/t15-,16-,18-/m0/s1. The molecule has 1 saturated heterocycles. The lowest BCUT2D eigenvalue weighted by Gasteiger charge is -2.43. The number of nitrogens with one attached hydrogen (secondary N) is 1. The summed E-state index contributed by atoms with van der Waals surface area (Å²) >= 11 is 7.07. The number of rotatable bonds is 4. The van der Waals surface area contributed by atoms with E-state index >= 15 is 0 Å². The predicted octanol–water partition coefficient (Wildman–Crippen LogP) is 3.16. The number of pyridine rings is 1. The molecule has 1 aromatic carbocycles. The lowest BCUT2D eigenvalue weighted by Crippen LogP contribution is -2.48. The number of aromatic nitrogens is 1. The van der Waals surface area contributed by atoms with Crippen LogP contribution in [0.1, 0.15) is 36.6 Å². The number of hydrogen-bond donors (Lipinski definition) is 1. The molecule has 1 N–H and O–H groups in total. The zero-order chi connectivity index (χ0) is 20.4. The van der Waals surface area contributed by atoms with Crippen molar-refractivity contribution in [2.45, 2.75) is 31.8 Å². The Morgan fingerprint density at radius 3 is 2.76 bits per heavy atom. The molecule has 0 saturated carbocycles. The maximum Gasteiger partial charge on any atom is 0.250 e. The number of hydrogen-bond acceptors (Lipinski definition) is 4. The van der Waals surface area contributed by atoms with Crippen molar-refractivity contribution in [1.29, 1.82) is 0 Å². The van der Waals surface area contributed by atoms with E-state index in [1.807, 2.05) is 47.9 Å². The molecule has 3 heterocycles. The van der Waals surface area contributed by atoms with Gasteiger partial charge < -0.3 is 14.8 Å². The summed E-state index contributed by atoms with van der Waals surface area (Å²) in [7, 11) is 0. The first-order chi connectivity index (χ1) is 14.0. The minimum atomic E-state index is -0.0259. The van der Waals surface area contributed by atoms with Crippen LogP contribution in [0.3, 0.4) is 0 Å². The average Bonchev–Trinajstić information content (AvgIpc) is 2.73. The molecular weight excluding hydrogens is 402 g/mol. The summed E-state index contributed by atoms with van der Waals surface area (Å²) in [5.41, 5.74) is 2.29. The van der Waals surface area contributed by atoms with Crippen molar-refractivity contribution in [3.8, 4) is 0 Å². The van der Waals surface area contributed by atoms with E-state index in [1.165, 1.54) is 11.8 Å². The summed E-state index contributed by atoms with van der Waals surface area (Å²) in [4.78, 5) is 26.7. The Morgan fingerprint density at radius 2 is 1.97 bits per heavy atom. The summed E-state index contributed by atoms with van der Waals surface area (Å²) in [6.07, 6.45) is 1.10. The summed E-state index contributed by atoms with van der Waals surface area (Å²) in [6.45, 7) is 4.41. The number of carbonyl (C=O) groups excluding carboxylic acids is 1. The van der Waals surface area contributed by atoms with Crippen LogP contribution in [-0.2, 0) is 11.3 Å². The van der Waals surface area contributed by atoms with Crippen molar-refractivity contribution in [2.24, 2.45) is 5.92 Å². The van der Waals surface area contributed by atoms with Crippen LogP contribution >= 0.6 is 24.0 Å². The smallest absolute Gasteiger partial charge is 0.250 e. The summed E-state index contributed by atoms with van der Waals surface area (Å²) in [5.74, 6) is 1.05. The van der Waals surface area contributed by atoms with Crippen LogP contribution in [0, 0.1) is 5.92 Å². The second kappa shape index (κ2) is 8.71. The maximum absolute atomic E-state index is 12.4. The normalized spacial score (nSPS) is 21.2. The van der Waals surface area contributed by atoms with Gasteiger partial charge in [0, 0.05) is 37.3 Å². The molecule has 1 aromatic heterocycles. The molecule has 2 aromatic rings. The van der Waals surface area contributed by atoms with Gasteiger partial charge in [0.1, 0.15) is 4.32 Å². The third-order valence-corrected chi connectivity index (χ3v) is 7.27. The van der Waals surface area contributed by atoms with E-state index in [1.54, 1.807) is 6.07 Å². The first-order valence-corrected chi connectivity index (χ1v) is 11.4. The first-order valence-electron chi connectivity index (χ1n) is 9.97. The fourth-order valence-electron chi connectivity index (χ4n) is 4.37. The average molecular weight is 428 g/mol. The quantitative estimate of drug-likeness (QED) is 0.760. The van der Waals surface area contributed by atoms with Crippen molar-refractivity contribution in [3.63, 3.8) is 0 Å². The van der Waals surface area contributed by atoms with Crippen LogP contribution in [0.2, 0.25) is 0 Å². The third-order valence-electron chi connectivity index (χ3n) is 5.74.